The predicted octanol–water partition coefficient (Wildman–Crippen LogP) is 2.25. The molecule has 2 unspecified atom stereocenters. The molecule has 3 rings (SSSR count). The lowest BCUT2D eigenvalue weighted by atomic mass is 9.77. The van der Waals surface area contributed by atoms with Crippen molar-refractivity contribution in [2.75, 3.05) is 19.6 Å². The predicted molar refractivity (Wildman–Crippen MR) is 71.0 cm³/mol. The van der Waals surface area contributed by atoms with Crippen molar-refractivity contribution in [1.29, 1.82) is 0 Å². The third-order valence-electron chi connectivity index (χ3n) is 4.37. The summed E-state index contributed by atoms with van der Waals surface area (Å²) in [5.74, 6) is 1.28. The number of nitrogens with zero attached hydrogens (tertiary/aromatic N) is 1. The second kappa shape index (κ2) is 4.32. The first-order valence-corrected chi connectivity index (χ1v) is 6.57. The lowest BCUT2D eigenvalue weighted by Gasteiger charge is -2.28. The Morgan fingerprint density at radius 2 is 2.17 bits per heavy atom. The minimum absolute atomic E-state index is 0.00754. The highest BCUT2D eigenvalue weighted by atomic mass is 16.3. The van der Waals surface area contributed by atoms with E-state index in [1.54, 1.807) is 6.07 Å². The second-order valence-electron chi connectivity index (χ2n) is 5.41. The molecule has 0 radical (unpaired) electrons. The maximum Gasteiger partial charge on any atom is 0.160 e. The fraction of sp³-hybridized carbons (Fsp3) is 0.467. The molecule has 2 N–H and O–H groups in total. The molecule has 0 spiro atoms. The van der Waals surface area contributed by atoms with E-state index < -0.39 is 0 Å². The van der Waals surface area contributed by atoms with E-state index in [0.29, 0.717) is 11.8 Å². The van der Waals surface area contributed by atoms with Crippen LogP contribution in [-0.2, 0) is 6.42 Å². The molecule has 96 valence electrons. The minimum Gasteiger partial charge on any atom is -0.504 e. The van der Waals surface area contributed by atoms with Crippen LogP contribution in [0.2, 0.25) is 0 Å². The molecule has 1 aromatic carbocycles. The van der Waals surface area contributed by atoms with Crippen LogP contribution in [0, 0.1) is 5.92 Å². The van der Waals surface area contributed by atoms with E-state index in [4.69, 9.17) is 0 Å². The molecule has 1 aliphatic carbocycles. The highest BCUT2D eigenvalue weighted by Crippen LogP contribution is 2.46. The zero-order chi connectivity index (χ0) is 12.7. The summed E-state index contributed by atoms with van der Waals surface area (Å²) in [7, 11) is 0. The van der Waals surface area contributed by atoms with Gasteiger partial charge >= 0.3 is 0 Å². The van der Waals surface area contributed by atoms with Crippen LogP contribution < -0.4 is 0 Å². The first kappa shape index (κ1) is 11.6. The summed E-state index contributed by atoms with van der Waals surface area (Å²) < 4.78 is 0. The SMILES string of the molecule is C=CCN1CC2CCc3c(ccc(O)c3O)C2C1. The molecule has 2 atom stereocenters. The van der Waals surface area contributed by atoms with Gasteiger partial charge in [-0.05, 0) is 30.4 Å². The quantitative estimate of drug-likeness (QED) is 0.620. The van der Waals surface area contributed by atoms with Gasteiger partial charge in [-0.25, -0.2) is 0 Å². The number of benzene rings is 1. The number of rotatable bonds is 2. The summed E-state index contributed by atoms with van der Waals surface area (Å²) in [5, 5.41) is 19.5. The Balaban J connectivity index is 1.94. The number of fused-ring (bicyclic) bond motifs is 3. The molecule has 2 aliphatic rings. The molecule has 1 aliphatic heterocycles. The molecule has 0 saturated carbocycles. The smallest absolute Gasteiger partial charge is 0.160 e. The van der Waals surface area contributed by atoms with Crippen molar-refractivity contribution in [2.24, 2.45) is 5.92 Å². The lowest BCUT2D eigenvalue weighted by Crippen LogP contribution is -2.20. The largest absolute Gasteiger partial charge is 0.504 e. The van der Waals surface area contributed by atoms with E-state index in [1.165, 1.54) is 5.56 Å². The Hall–Kier alpha value is -1.48. The van der Waals surface area contributed by atoms with Gasteiger partial charge in [-0.15, -0.1) is 6.58 Å². The van der Waals surface area contributed by atoms with Gasteiger partial charge in [-0.1, -0.05) is 12.1 Å². The normalized spacial score (nSPS) is 26.7. The Labute approximate surface area is 107 Å². The van der Waals surface area contributed by atoms with Gasteiger partial charge in [0.2, 0.25) is 0 Å². The molecule has 0 aromatic heterocycles. The molecular formula is C15H19NO2. The third kappa shape index (κ3) is 1.70. The van der Waals surface area contributed by atoms with Crippen molar-refractivity contribution in [2.45, 2.75) is 18.8 Å². The monoisotopic (exact) mass is 245 g/mol. The van der Waals surface area contributed by atoms with Crippen molar-refractivity contribution in [3.63, 3.8) is 0 Å². The maximum absolute atomic E-state index is 9.95. The van der Waals surface area contributed by atoms with Gasteiger partial charge in [0, 0.05) is 31.1 Å². The van der Waals surface area contributed by atoms with Gasteiger partial charge in [-0.3, -0.25) is 4.90 Å². The van der Waals surface area contributed by atoms with Gasteiger partial charge in [0.05, 0.1) is 0 Å². The molecule has 1 saturated heterocycles. The molecular weight excluding hydrogens is 226 g/mol. The Morgan fingerprint density at radius 1 is 1.33 bits per heavy atom. The maximum atomic E-state index is 9.95. The number of likely N-dealkylation sites (tertiary alicyclic amines) is 1. The Morgan fingerprint density at radius 3 is 2.94 bits per heavy atom. The molecule has 1 fully saturated rings. The molecule has 3 heteroatoms. The van der Waals surface area contributed by atoms with Crippen LogP contribution in [-0.4, -0.2) is 34.7 Å². The van der Waals surface area contributed by atoms with Crippen LogP contribution in [0.1, 0.15) is 23.5 Å². The van der Waals surface area contributed by atoms with E-state index in [9.17, 15) is 10.2 Å². The number of aromatic hydroxyl groups is 2. The van der Waals surface area contributed by atoms with Gasteiger partial charge in [-0.2, -0.15) is 0 Å². The molecule has 18 heavy (non-hydrogen) atoms. The topological polar surface area (TPSA) is 43.7 Å². The summed E-state index contributed by atoms with van der Waals surface area (Å²) >= 11 is 0. The van der Waals surface area contributed by atoms with E-state index in [0.717, 1.165) is 38.0 Å². The van der Waals surface area contributed by atoms with Crippen molar-refractivity contribution < 1.29 is 10.2 Å². The van der Waals surface area contributed by atoms with E-state index in [1.807, 2.05) is 12.1 Å². The van der Waals surface area contributed by atoms with Crippen LogP contribution in [0.15, 0.2) is 24.8 Å². The summed E-state index contributed by atoms with van der Waals surface area (Å²) in [6.07, 6.45) is 3.92. The van der Waals surface area contributed by atoms with Crippen molar-refractivity contribution >= 4 is 0 Å². The fourth-order valence-electron chi connectivity index (χ4n) is 3.52. The average Bonchev–Trinajstić information content (AvgIpc) is 2.77. The molecule has 1 heterocycles. The lowest BCUT2D eigenvalue weighted by molar-refractivity contribution is 0.353. The van der Waals surface area contributed by atoms with Crippen molar-refractivity contribution in [3.8, 4) is 11.5 Å². The van der Waals surface area contributed by atoms with E-state index in [-0.39, 0.29) is 11.5 Å². The summed E-state index contributed by atoms with van der Waals surface area (Å²) in [4.78, 5) is 2.42. The zero-order valence-electron chi connectivity index (χ0n) is 10.5. The second-order valence-corrected chi connectivity index (χ2v) is 5.41. The zero-order valence-corrected chi connectivity index (χ0v) is 10.5. The number of hydrogen-bond donors (Lipinski definition) is 2. The summed E-state index contributed by atoms with van der Waals surface area (Å²) in [6.45, 7) is 6.89. The first-order chi connectivity index (χ1) is 8.70. The Bertz CT molecular complexity index is 484. The minimum atomic E-state index is 0.00754. The molecule has 0 bridgehead atoms. The average molecular weight is 245 g/mol. The summed E-state index contributed by atoms with van der Waals surface area (Å²) in [6, 6.07) is 3.60. The van der Waals surface area contributed by atoms with Crippen LogP contribution in [0.5, 0.6) is 11.5 Å². The van der Waals surface area contributed by atoms with Crippen molar-refractivity contribution in [1.82, 2.24) is 4.90 Å². The molecule has 3 nitrogen and oxygen atoms in total. The Kier molecular flexibility index (Phi) is 2.78. The number of phenolic OH excluding ortho intramolecular Hbond substituents is 2. The highest BCUT2D eigenvalue weighted by molar-refractivity contribution is 5.51. The van der Waals surface area contributed by atoms with E-state index >= 15 is 0 Å². The van der Waals surface area contributed by atoms with E-state index in [2.05, 4.69) is 11.5 Å². The van der Waals surface area contributed by atoms with Crippen molar-refractivity contribution in [3.05, 3.63) is 35.9 Å². The third-order valence-corrected chi connectivity index (χ3v) is 4.37. The van der Waals surface area contributed by atoms with Gasteiger partial charge in [0.1, 0.15) is 0 Å². The first-order valence-electron chi connectivity index (χ1n) is 6.57. The highest BCUT2D eigenvalue weighted by Gasteiger charge is 2.38. The number of phenols is 2. The van der Waals surface area contributed by atoms with Crippen LogP contribution in [0.25, 0.3) is 0 Å². The van der Waals surface area contributed by atoms with Crippen LogP contribution in [0.3, 0.4) is 0 Å². The summed E-state index contributed by atoms with van der Waals surface area (Å²) in [5.41, 5.74) is 2.19. The van der Waals surface area contributed by atoms with Gasteiger partial charge in [0.15, 0.2) is 11.5 Å². The van der Waals surface area contributed by atoms with Crippen LogP contribution >= 0.6 is 0 Å². The molecule has 1 aromatic rings. The number of hydrogen-bond acceptors (Lipinski definition) is 3. The van der Waals surface area contributed by atoms with Gasteiger partial charge < -0.3 is 10.2 Å². The molecule has 0 amide bonds. The fourth-order valence-corrected chi connectivity index (χ4v) is 3.52. The standard InChI is InChI=1S/C15H19NO2/c1-2-7-16-8-10-3-4-12-11(13(10)9-16)5-6-14(17)15(12)18/h2,5-6,10,13,17-18H,1,3-4,7-9H2. The van der Waals surface area contributed by atoms with Gasteiger partial charge in [0.25, 0.3) is 0 Å². The van der Waals surface area contributed by atoms with Crippen LogP contribution in [0.4, 0.5) is 0 Å².